The number of nitrogens with one attached hydrogen (secondary N) is 1. The predicted octanol–water partition coefficient (Wildman–Crippen LogP) is 2.78. The fraction of sp³-hybridized carbons (Fsp3) is 0.667. The molecule has 14 heavy (non-hydrogen) atoms. The maximum absolute atomic E-state index is 5.74. The van der Waals surface area contributed by atoms with Crippen LogP contribution in [0.25, 0.3) is 0 Å². The lowest BCUT2D eigenvalue weighted by Gasteiger charge is -2.18. The molecule has 78 valence electrons. The van der Waals surface area contributed by atoms with E-state index in [0.29, 0.717) is 17.3 Å². The summed E-state index contributed by atoms with van der Waals surface area (Å²) in [6.07, 6.45) is 3.82. The van der Waals surface area contributed by atoms with E-state index < -0.39 is 0 Å². The summed E-state index contributed by atoms with van der Waals surface area (Å²) in [7, 11) is 1.76. The van der Waals surface area contributed by atoms with Gasteiger partial charge in [0.1, 0.15) is 5.15 Å². The van der Waals surface area contributed by atoms with Crippen molar-refractivity contribution < 1.29 is 4.74 Å². The second-order valence-electron chi connectivity index (χ2n) is 3.43. The van der Waals surface area contributed by atoms with E-state index in [1.807, 2.05) is 5.38 Å². The highest BCUT2D eigenvalue weighted by Crippen LogP contribution is 2.27. The molecule has 1 fully saturated rings. The van der Waals surface area contributed by atoms with E-state index in [4.69, 9.17) is 16.3 Å². The third-order valence-corrected chi connectivity index (χ3v) is 3.64. The third kappa shape index (κ3) is 2.19. The van der Waals surface area contributed by atoms with Crippen molar-refractivity contribution in [3.05, 3.63) is 10.5 Å². The fourth-order valence-electron chi connectivity index (χ4n) is 1.85. The molecule has 1 aliphatic rings. The molecule has 3 nitrogen and oxygen atoms in total. The fourth-order valence-corrected chi connectivity index (χ4v) is 2.75. The second-order valence-corrected chi connectivity index (χ2v) is 4.68. The van der Waals surface area contributed by atoms with Crippen molar-refractivity contribution in [1.29, 1.82) is 0 Å². The van der Waals surface area contributed by atoms with Crippen LogP contribution in [0.3, 0.4) is 0 Å². The molecule has 0 amide bonds. The largest absolute Gasteiger partial charge is 0.379 e. The number of anilines is 1. The van der Waals surface area contributed by atoms with Gasteiger partial charge in [-0.15, -0.1) is 11.3 Å². The van der Waals surface area contributed by atoms with Crippen molar-refractivity contribution in [2.24, 2.45) is 0 Å². The molecule has 5 heteroatoms. The molecule has 0 bridgehead atoms. The van der Waals surface area contributed by atoms with Crippen molar-refractivity contribution in [2.45, 2.75) is 31.4 Å². The number of thiazole rings is 1. The Morgan fingerprint density at radius 2 is 2.50 bits per heavy atom. The summed E-state index contributed by atoms with van der Waals surface area (Å²) in [5.41, 5.74) is 0. The number of rotatable bonds is 3. The van der Waals surface area contributed by atoms with Gasteiger partial charge in [0.05, 0.1) is 12.1 Å². The summed E-state index contributed by atoms with van der Waals surface area (Å²) >= 11 is 7.28. The van der Waals surface area contributed by atoms with E-state index >= 15 is 0 Å². The van der Waals surface area contributed by atoms with Crippen LogP contribution < -0.4 is 5.32 Å². The zero-order valence-electron chi connectivity index (χ0n) is 8.00. The number of hydrogen-bond donors (Lipinski definition) is 1. The summed E-state index contributed by atoms with van der Waals surface area (Å²) in [4.78, 5) is 4.16. The van der Waals surface area contributed by atoms with Gasteiger partial charge in [0, 0.05) is 12.5 Å². The average molecular weight is 233 g/mol. The predicted molar refractivity (Wildman–Crippen MR) is 59.2 cm³/mol. The quantitative estimate of drug-likeness (QED) is 0.870. The summed E-state index contributed by atoms with van der Waals surface area (Å²) in [6, 6.07) is 0.391. The average Bonchev–Trinajstić information content (AvgIpc) is 2.76. The van der Waals surface area contributed by atoms with Gasteiger partial charge in [-0.3, -0.25) is 0 Å². The molecule has 1 saturated carbocycles. The standard InChI is InChI=1S/C9H13ClN2OS/c1-13-7-4-2-3-6(7)11-9-12-8(10)5-14-9/h5-7H,2-4H2,1H3,(H,11,12). The van der Waals surface area contributed by atoms with Crippen molar-refractivity contribution >= 4 is 28.1 Å². The molecule has 1 aromatic heterocycles. The van der Waals surface area contributed by atoms with Gasteiger partial charge in [-0.2, -0.15) is 0 Å². The van der Waals surface area contributed by atoms with Gasteiger partial charge in [-0.1, -0.05) is 11.6 Å². The first-order chi connectivity index (χ1) is 6.79. The van der Waals surface area contributed by atoms with Gasteiger partial charge < -0.3 is 10.1 Å². The Bertz CT molecular complexity index is 305. The minimum atomic E-state index is 0.317. The minimum absolute atomic E-state index is 0.317. The number of halogens is 1. The highest BCUT2D eigenvalue weighted by Gasteiger charge is 2.27. The Labute approximate surface area is 92.4 Å². The molecule has 1 heterocycles. The second kappa shape index (κ2) is 4.47. The van der Waals surface area contributed by atoms with E-state index in [-0.39, 0.29) is 0 Å². The van der Waals surface area contributed by atoms with Crippen LogP contribution >= 0.6 is 22.9 Å². The molecule has 0 spiro atoms. The lowest BCUT2D eigenvalue weighted by molar-refractivity contribution is 0.101. The number of hydrogen-bond acceptors (Lipinski definition) is 4. The maximum Gasteiger partial charge on any atom is 0.184 e. The Balaban J connectivity index is 1.96. The van der Waals surface area contributed by atoms with Crippen LogP contribution in [0.2, 0.25) is 5.15 Å². The minimum Gasteiger partial charge on any atom is -0.379 e. The highest BCUT2D eigenvalue weighted by molar-refractivity contribution is 7.14. The van der Waals surface area contributed by atoms with Gasteiger partial charge in [-0.25, -0.2) is 4.98 Å². The van der Waals surface area contributed by atoms with Crippen LogP contribution in [0.15, 0.2) is 5.38 Å². The normalized spacial score (nSPS) is 26.7. The van der Waals surface area contributed by atoms with Crippen molar-refractivity contribution in [1.82, 2.24) is 4.98 Å². The molecule has 2 rings (SSSR count). The topological polar surface area (TPSA) is 34.1 Å². The summed E-state index contributed by atoms with van der Waals surface area (Å²) in [5, 5.41) is 6.65. The number of aromatic nitrogens is 1. The van der Waals surface area contributed by atoms with Gasteiger partial charge >= 0.3 is 0 Å². The van der Waals surface area contributed by atoms with E-state index in [1.165, 1.54) is 17.8 Å². The van der Waals surface area contributed by atoms with Gasteiger partial charge in [0.2, 0.25) is 0 Å². The first-order valence-electron chi connectivity index (χ1n) is 4.70. The molecular formula is C9H13ClN2OS. The summed E-state index contributed by atoms with van der Waals surface area (Å²) in [6.45, 7) is 0. The maximum atomic E-state index is 5.74. The first kappa shape index (κ1) is 10.2. The van der Waals surface area contributed by atoms with Crippen molar-refractivity contribution in [3.8, 4) is 0 Å². The van der Waals surface area contributed by atoms with E-state index in [0.717, 1.165) is 18.0 Å². The molecule has 1 aromatic rings. The van der Waals surface area contributed by atoms with E-state index in [9.17, 15) is 0 Å². The van der Waals surface area contributed by atoms with Crippen molar-refractivity contribution in [3.63, 3.8) is 0 Å². The van der Waals surface area contributed by atoms with Crippen LogP contribution in [-0.4, -0.2) is 24.2 Å². The van der Waals surface area contributed by atoms with Crippen LogP contribution in [-0.2, 0) is 4.74 Å². The number of nitrogens with zero attached hydrogens (tertiary/aromatic N) is 1. The van der Waals surface area contributed by atoms with E-state index in [1.54, 1.807) is 7.11 Å². The molecule has 0 aromatic carbocycles. The van der Waals surface area contributed by atoms with Crippen molar-refractivity contribution in [2.75, 3.05) is 12.4 Å². The van der Waals surface area contributed by atoms with Crippen LogP contribution in [0.4, 0.5) is 5.13 Å². The molecule has 1 aliphatic carbocycles. The van der Waals surface area contributed by atoms with E-state index in [2.05, 4.69) is 10.3 Å². The summed E-state index contributed by atoms with van der Waals surface area (Å²) in [5.74, 6) is 0. The smallest absolute Gasteiger partial charge is 0.184 e. The Hall–Kier alpha value is -0.320. The molecule has 2 atom stereocenters. The summed E-state index contributed by atoms with van der Waals surface area (Å²) < 4.78 is 5.38. The first-order valence-corrected chi connectivity index (χ1v) is 5.95. The molecule has 0 aliphatic heterocycles. The zero-order valence-corrected chi connectivity index (χ0v) is 9.57. The van der Waals surface area contributed by atoms with Crippen LogP contribution in [0.5, 0.6) is 0 Å². The molecule has 1 N–H and O–H groups in total. The van der Waals surface area contributed by atoms with Crippen LogP contribution in [0.1, 0.15) is 19.3 Å². The van der Waals surface area contributed by atoms with Crippen LogP contribution in [0, 0.1) is 0 Å². The lowest BCUT2D eigenvalue weighted by atomic mass is 10.2. The monoisotopic (exact) mass is 232 g/mol. The third-order valence-electron chi connectivity index (χ3n) is 2.54. The number of ether oxygens (including phenoxy) is 1. The van der Waals surface area contributed by atoms with Gasteiger partial charge in [-0.05, 0) is 19.3 Å². The van der Waals surface area contributed by atoms with Gasteiger partial charge in [0.25, 0.3) is 0 Å². The number of methoxy groups -OCH3 is 1. The Kier molecular flexibility index (Phi) is 3.26. The highest BCUT2D eigenvalue weighted by atomic mass is 35.5. The Morgan fingerprint density at radius 3 is 3.14 bits per heavy atom. The van der Waals surface area contributed by atoms with Gasteiger partial charge in [0.15, 0.2) is 5.13 Å². The molecule has 2 unspecified atom stereocenters. The lowest BCUT2D eigenvalue weighted by Crippen LogP contribution is -2.29. The Morgan fingerprint density at radius 1 is 1.64 bits per heavy atom. The zero-order chi connectivity index (χ0) is 9.97. The molecule has 0 radical (unpaired) electrons. The molecular weight excluding hydrogens is 220 g/mol. The SMILES string of the molecule is COC1CCCC1Nc1nc(Cl)cs1. The molecule has 0 saturated heterocycles.